The Balaban J connectivity index is 2.11. The molecule has 0 aromatic carbocycles. The highest BCUT2D eigenvalue weighted by molar-refractivity contribution is 5.29. The monoisotopic (exact) mass is 106 g/mol. The van der Waals surface area contributed by atoms with Gasteiger partial charge < -0.3 is 0 Å². The normalized spacial score (nSPS) is 64.0. The third-order valence-electron chi connectivity index (χ3n) is 3.41. The molecule has 0 N–H and O–H groups in total. The molecule has 0 aromatic rings. The number of allylic oxidation sites excluding steroid dienone is 2. The van der Waals surface area contributed by atoms with Crippen LogP contribution in [0.5, 0.6) is 0 Å². The minimum Gasteiger partial charge on any atom is -0.0845 e. The number of rotatable bonds is 0. The van der Waals surface area contributed by atoms with E-state index >= 15 is 0 Å². The highest BCUT2D eigenvalue weighted by Crippen LogP contribution is 2.72. The summed E-state index contributed by atoms with van der Waals surface area (Å²) in [7, 11) is 0. The van der Waals surface area contributed by atoms with Gasteiger partial charge in [-0.25, -0.2) is 0 Å². The second kappa shape index (κ2) is 0.792. The summed E-state index contributed by atoms with van der Waals surface area (Å²) in [6, 6.07) is 0. The van der Waals surface area contributed by atoms with Gasteiger partial charge in [-0.1, -0.05) is 12.2 Å². The van der Waals surface area contributed by atoms with Gasteiger partial charge in [0.1, 0.15) is 0 Å². The Morgan fingerprint density at radius 1 is 1.25 bits per heavy atom. The standard InChI is InChI=1S/C8H10/c1-2-7-5-8(7)4-3-6(1)8/h1-2,6-7H,3-5H2. The van der Waals surface area contributed by atoms with Crippen molar-refractivity contribution < 1.29 is 0 Å². The van der Waals surface area contributed by atoms with Gasteiger partial charge in [-0.15, -0.1) is 0 Å². The van der Waals surface area contributed by atoms with Gasteiger partial charge >= 0.3 is 0 Å². The third kappa shape index (κ3) is 0.195. The van der Waals surface area contributed by atoms with Gasteiger partial charge in [0.15, 0.2) is 0 Å². The highest BCUT2D eigenvalue weighted by Gasteiger charge is 2.64. The average molecular weight is 106 g/mol. The van der Waals surface area contributed by atoms with Crippen molar-refractivity contribution in [3.05, 3.63) is 12.2 Å². The molecule has 0 heterocycles. The molecule has 3 unspecified atom stereocenters. The van der Waals surface area contributed by atoms with Crippen LogP contribution in [0.1, 0.15) is 19.3 Å². The molecule has 2 saturated carbocycles. The average Bonchev–Trinajstić information content (AvgIpc) is 2.36. The van der Waals surface area contributed by atoms with Crippen LogP contribution in [-0.4, -0.2) is 0 Å². The molecule has 8 heavy (non-hydrogen) atoms. The molecule has 3 aliphatic carbocycles. The predicted molar refractivity (Wildman–Crippen MR) is 32.4 cm³/mol. The summed E-state index contributed by atoms with van der Waals surface area (Å²) in [6.07, 6.45) is 9.45. The van der Waals surface area contributed by atoms with E-state index in [1.54, 1.807) is 0 Å². The lowest BCUT2D eigenvalue weighted by Gasteiger charge is -2.33. The lowest BCUT2D eigenvalue weighted by Crippen LogP contribution is -2.24. The molecule has 0 saturated heterocycles. The molecule has 0 aliphatic heterocycles. The van der Waals surface area contributed by atoms with E-state index in [0.29, 0.717) is 0 Å². The maximum absolute atomic E-state index is 2.44. The summed E-state index contributed by atoms with van der Waals surface area (Å²) in [5.41, 5.74) is 0.889. The van der Waals surface area contributed by atoms with Crippen LogP contribution in [0, 0.1) is 17.3 Å². The summed E-state index contributed by atoms with van der Waals surface area (Å²) < 4.78 is 0. The Morgan fingerprint density at radius 2 is 2.12 bits per heavy atom. The first-order valence-electron chi connectivity index (χ1n) is 3.60. The predicted octanol–water partition coefficient (Wildman–Crippen LogP) is 1.97. The van der Waals surface area contributed by atoms with Gasteiger partial charge in [0.2, 0.25) is 0 Å². The van der Waals surface area contributed by atoms with Gasteiger partial charge in [0, 0.05) is 0 Å². The van der Waals surface area contributed by atoms with Crippen molar-refractivity contribution in [3.63, 3.8) is 0 Å². The molecule has 3 rings (SSSR count). The zero-order valence-electron chi connectivity index (χ0n) is 4.93. The summed E-state index contributed by atoms with van der Waals surface area (Å²) in [5.74, 6) is 2.08. The van der Waals surface area contributed by atoms with Gasteiger partial charge in [-0.2, -0.15) is 0 Å². The van der Waals surface area contributed by atoms with Crippen molar-refractivity contribution in [3.8, 4) is 0 Å². The van der Waals surface area contributed by atoms with Crippen molar-refractivity contribution in [1.82, 2.24) is 0 Å². The van der Waals surface area contributed by atoms with E-state index in [1.807, 2.05) is 0 Å². The van der Waals surface area contributed by atoms with Gasteiger partial charge in [0.25, 0.3) is 0 Å². The van der Waals surface area contributed by atoms with E-state index in [1.165, 1.54) is 19.3 Å². The fraction of sp³-hybridized carbons (Fsp3) is 0.750. The Kier molecular flexibility index (Phi) is 0.367. The van der Waals surface area contributed by atoms with E-state index in [-0.39, 0.29) is 0 Å². The molecule has 0 heteroatoms. The first-order chi connectivity index (χ1) is 3.92. The van der Waals surface area contributed by atoms with Crippen LogP contribution in [0.15, 0.2) is 12.2 Å². The van der Waals surface area contributed by atoms with Crippen molar-refractivity contribution in [1.29, 1.82) is 0 Å². The number of hydrogen-bond donors (Lipinski definition) is 0. The van der Waals surface area contributed by atoms with E-state index in [9.17, 15) is 0 Å². The summed E-state index contributed by atoms with van der Waals surface area (Å²) in [4.78, 5) is 0. The number of hydrogen-bond acceptors (Lipinski definition) is 0. The zero-order valence-corrected chi connectivity index (χ0v) is 4.93. The molecule has 0 radical (unpaired) electrons. The molecule has 3 atom stereocenters. The van der Waals surface area contributed by atoms with Crippen LogP contribution in [0.3, 0.4) is 0 Å². The van der Waals surface area contributed by atoms with E-state index in [2.05, 4.69) is 12.2 Å². The second-order valence-corrected chi connectivity index (χ2v) is 3.57. The van der Waals surface area contributed by atoms with Crippen molar-refractivity contribution >= 4 is 0 Å². The topological polar surface area (TPSA) is 0 Å². The SMILES string of the molecule is C1=CC2CC23CCC13. The quantitative estimate of drug-likeness (QED) is 0.414. The zero-order chi connectivity index (χ0) is 5.19. The summed E-state index contributed by atoms with van der Waals surface area (Å²) in [5, 5.41) is 0. The van der Waals surface area contributed by atoms with E-state index in [4.69, 9.17) is 0 Å². The highest BCUT2D eigenvalue weighted by atomic mass is 14.7. The van der Waals surface area contributed by atoms with Crippen LogP contribution < -0.4 is 0 Å². The minimum absolute atomic E-state index is 0.889. The Labute approximate surface area is 49.6 Å². The van der Waals surface area contributed by atoms with Crippen LogP contribution in [0.2, 0.25) is 0 Å². The largest absolute Gasteiger partial charge is 0.0845 e. The van der Waals surface area contributed by atoms with Crippen molar-refractivity contribution in [2.75, 3.05) is 0 Å². The Bertz CT molecular complexity index is 169. The molecular weight excluding hydrogens is 96.1 g/mol. The maximum atomic E-state index is 2.44. The molecule has 0 amide bonds. The first-order valence-corrected chi connectivity index (χ1v) is 3.60. The third-order valence-corrected chi connectivity index (χ3v) is 3.41. The molecule has 1 spiro atoms. The van der Waals surface area contributed by atoms with Crippen molar-refractivity contribution in [2.45, 2.75) is 19.3 Å². The molecule has 0 aromatic heterocycles. The van der Waals surface area contributed by atoms with Gasteiger partial charge in [-0.05, 0) is 36.5 Å². The van der Waals surface area contributed by atoms with Crippen LogP contribution in [-0.2, 0) is 0 Å². The van der Waals surface area contributed by atoms with Crippen LogP contribution in [0.25, 0.3) is 0 Å². The van der Waals surface area contributed by atoms with E-state index in [0.717, 1.165) is 17.3 Å². The van der Waals surface area contributed by atoms with Crippen LogP contribution in [0.4, 0.5) is 0 Å². The lowest BCUT2D eigenvalue weighted by molar-refractivity contribution is 0.199. The smallest absolute Gasteiger partial charge is 0.0165 e. The molecule has 42 valence electrons. The molecule has 0 nitrogen and oxygen atoms in total. The van der Waals surface area contributed by atoms with Crippen molar-refractivity contribution in [2.24, 2.45) is 17.3 Å². The fourth-order valence-corrected chi connectivity index (χ4v) is 2.56. The lowest BCUT2D eigenvalue weighted by atomic mass is 9.72. The van der Waals surface area contributed by atoms with Crippen LogP contribution >= 0.6 is 0 Å². The molecule has 2 fully saturated rings. The fourth-order valence-electron chi connectivity index (χ4n) is 2.56. The van der Waals surface area contributed by atoms with Gasteiger partial charge in [0.05, 0.1) is 0 Å². The minimum atomic E-state index is 0.889. The summed E-state index contributed by atoms with van der Waals surface area (Å²) in [6.45, 7) is 0. The molecule has 3 aliphatic rings. The van der Waals surface area contributed by atoms with E-state index < -0.39 is 0 Å². The molecule has 0 bridgehead atoms. The Morgan fingerprint density at radius 3 is 2.38 bits per heavy atom. The summed E-state index contributed by atoms with van der Waals surface area (Å²) >= 11 is 0. The molecular formula is C8H10. The maximum Gasteiger partial charge on any atom is -0.0165 e. The Hall–Kier alpha value is -0.260. The first kappa shape index (κ1) is 3.71. The van der Waals surface area contributed by atoms with Gasteiger partial charge in [-0.3, -0.25) is 0 Å². The second-order valence-electron chi connectivity index (χ2n) is 3.57.